The van der Waals surface area contributed by atoms with Crippen LogP contribution < -0.4 is 14.2 Å². The first-order chi connectivity index (χ1) is 9.62. The molecule has 5 heteroatoms. The van der Waals surface area contributed by atoms with Crippen molar-refractivity contribution in [3.05, 3.63) is 17.7 Å². The molecule has 1 aromatic rings. The van der Waals surface area contributed by atoms with Crippen LogP contribution >= 0.6 is 0 Å². The fraction of sp³-hybridized carbons (Fsp3) is 0.533. The predicted octanol–water partition coefficient (Wildman–Crippen LogP) is 2.77. The van der Waals surface area contributed by atoms with Crippen LogP contribution in [0.4, 0.5) is 0 Å². The van der Waals surface area contributed by atoms with Gasteiger partial charge in [-0.2, -0.15) is 0 Å². The zero-order valence-electron chi connectivity index (χ0n) is 12.7. The summed E-state index contributed by atoms with van der Waals surface area (Å²) in [6.45, 7) is 2.01. The van der Waals surface area contributed by atoms with Crippen molar-refractivity contribution in [3.8, 4) is 17.2 Å². The van der Waals surface area contributed by atoms with Gasteiger partial charge in [0.2, 0.25) is 0 Å². The van der Waals surface area contributed by atoms with Crippen molar-refractivity contribution in [2.45, 2.75) is 25.7 Å². The van der Waals surface area contributed by atoms with Crippen molar-refractivity contribution < 1.29 is 23.7 Å². The summed E-state index contributed by atoms with van der Waals surface area (Å²) in [5, 5.41) is 0. The summed E-state index contributed by atoms with van der Waals surface area (Å²) >= 11 is 0. The minimum atomic E-state index is -0.416. The van der Waals surface area contributed by atoms with Gasteiger partial charge in [0, 0.05) is 12.1 Å². The van der Waals surface area contributed by atoms with Gasteiger partial charge < -0.3 is 18.9 Å². The molecule has 0 amide bonds. The topological polar surface area (TPSA) is 54.0 Å². The average Bonchev–Trinajstić information content (AvgIpc) is 2.50. The maximum absolute atomic E-state index is 12.0. The zero-order valence-corrected chi connectivity index (χ0v) is 12.7. The second-order valence-corrected chi connectivity index (χ2v) is 4.31. The number of carbonyl (C=O) groups is 1. The van der Waals surface area contributed by atoms with Crippen molar-refractivity contribution in [2.24, 2.45) is 0 Å². The Morgan fingerprint density at radius 1 is 1.05 bits per heavy atom. The second kappa shape index (κ2) is 7.62. The number of rotatable bonds is 7. The van der Waals surface area contributed by atoms with Crippen molar-refractivity contribution in [1.82, 2.24) is 0 Å². The van der Waals surface area contributed by atoms with Gasteiger partial charge >= 0.3 is 5.97 Å². The number of benzene rings is 1. The van der Waals surface area contributed by atoms with Gasteiger partial charge in [-0.1, -0.05) is 13.3 Å². The van der Waals surface area contributed by atoms with Crippen LogP contribution in [-0.4, -0.2) is 34.4 Å². The molecule has 5 nitrogen and oxygen atoms in total. The number of hydrogen-bond acceptors (Lipinski definition) is 5. The molecule has 0 bridgehead atoms. The van der Waals surface area contributed by atoms with Crippen LogP contribution in [0.5, 0.6) is 17.2 Å². The Balaban J connectivity index is 3.41. The number of esters is 1. The zero-order chi connectivity index (χ0) is 15.1. The highest BCUT2D eigenvalue weighted by Gasteiger charge is 2.28. The van der Waals surface area contributed by atoms with Gasteiger partial charge in [-0.3, -0.25) is 4.79 Å². The van der Waals surface area contributed by atoms with Crippen LogP contribution in [0.2, 0.25) is 0 Å². The van der Waals surface area contributed by atoms with Crippen LogP contribution in [0.25, 0.3) is 0 Å². The van der Waals surface area contributed by atoms with Gasteiger partial charge in [-0.15, -0.1) is 0 Å². The molecule has 1 rings (SSSR count). The summed E-state index contributed by atoms with van der Waals surface area (Å²) in [4.78, 5) is 12.0. The molecule has 0 aliphatic carbocycles. The average molecular weight is 282 g/mol. The van der Waals surface area contributed by atoms with E-state index in [1.54, 1.807) is 33.5 Å². The Morgan fingerprint density at radius 3 is 1.95 bits per heavy atom. The van der Waals surface area contributed by atoms with E-state index >= 15 is 0 Å². The molecule has 1 atom stereocenters. The van der Waals surface area contributed by atoms with Crippen LogP contribution in [0.3, 0.4) is 0 Å². The number of methoxy groups -OCH3 is 4. The number of hydrogen-bond donors (Lipinski definition) is 0. The molecule has 1 aromatic carbocycles. The molecular formula is C15H22O5. The Labute approximate surface area is 119 Å². The molecule has 0 heterocycles. The highest BCUT2D eigenvalue weighted by molar-refractivity contribution is 5.80. The SMILES string of the molecule is CCCC(C(=O)OC)c1c(OC)cc(OC)cc1OC. The first kappa shape index (κ1) is 16.1. The van der Waals surface area contributed by atoms with E-state index in [1.165, 1.54) is 7.11 Å². The summed E-state index contributed by atoms with van der Waals surface area (Å²) in [5.74, 6) is 1.02. The maximum Gasteiger partial charge on any atom is 0.313 e. The number of ether oxygens (including phenoxy) is 4. The van der Waals surface area contributed by atoms with Gasteiger partial charge in [-0.25, -0.2) is 0 Å². The highest BCUT2D eigenvalue weighted by atomic mass is 16.5. The third kappa shape index (κ3) is 3.35. The van der Waals surface area contributed by atoms with Crippen molar-refractivity contribution in [1.29, 1.82) is 0 Å². The van der Waals surface area contributed by atoms with Crippen LogP contribution in [0, 0.1) is 0 Å². The lowest BCUT2D eigenvalue weighted by Gasteiger charge is -2.21. The van der Waals surface area contributed by atoms with E-state index in [0.29, 0.717) is 29.2 Å². The van der Waals surface area contributed by atoms with Crippen LogP contribution in [0.15, 0.2) is 12.1 Å². The Hall–Kier alpha value is -1.91. The third-order valence-electron chi connectivity index (χ3n) is 3.16. The molecule has 0 saturated heterocycles. The quantitative estimate of drug-likeness (QED) is 0.720. The van der Waals surface area contributed by atoms with E-state index in [4.69, 9.17) is 18.9 Å². The molecular weight excluding hydrogens is 260 g/mol. The molecule has 0 aromatic heterocycles. The molecule has 20 heavy (non-hydrogen) atoms. The van der Waals surface area contributed by atoms with Gasteiger partial charge in [-0.05, 0) is 6.42 Å². The molecule has 1 unspecified atom stereocenters. The predicted molar refractivity (Wildman–Crippen MR) is 75.8 cm³/mol. The van der Waals surface area contributed by atoms with Crippen molar-refractivity contribution >= 4 is 5.97 Å². The Bertz CT molecular complexity index is 431. The van der Waals surface area contributed by atoms with E-state index in [1.807, 2.05) is 6.92 Å². The molecule has 0 aliphatic heterocycles. The Kier molecular flexibility index (Phi) is 6.15. The first-order valence-electron chi connectivity index (χ1n) is 6.50. The summed E-state index contributed by atoms with van der Waals surface area (Å²) in [7, 11) is 6.06. The van der Waals surface area contributed by atoms with Crippen molar-refractivity contribution in [2.75, 3.05) is 28.4 Å². The standard InChI is InChI=1S/C15H22O5/c1-6-7-11(15(16)20-5)14-12(18-3)8-10(17-2)9-13(14)19-4/h8-9,11H,6-7H2,1-5H3. The lowest BCUT2D eigenvalue weighted by Crippen LogP contribution is -2.16. The molecule has 0 spiro atoms. The lowest BCUT2D eigenvalue weighted by atomic mass is 9.92. The molecule has 0 radical (unpaired) electrons. The molecule has 0 saturated carbocycles. The van der Waals surface area contributed by atoms with Crippen LogP contribution in [0.1, 0.15) is 31.2 Å². The van der Waals surface area contributed by atoms with Crippen molar-refractivity contribution in [3.63, 3.8) is 0 Å². The second-order valence-electron chi connectivity index (χ2n) is 4.31. The number of carbonyl (C=O) groups excluding carboxylic acids is 1. The smallest absolute Gasteiger partial charge is 0.313 e. The van der Waals surface area contributed by atoms with E-state index in [-0.39, 0.29) is 5.97 Å². The highest BCUT2D eigenvalue weighted by Crippen LogP contribution is 2.41. The Morgan fingerprint density at radius 2 is 1.60 bits per heavy atom. The fourth-order valence-electron chi connectivity index (χ4n) is 2.19. The largest absolute Gasteiger partial charge is 0.496 e. The van der Waals surface area contributed by atoms with Crippen LogP contribution in [-0.2, 0) is 9.53 Å². The summed E-state index contributed by atoms with van der Waals surface area (Å²) in [6.07, 6.45) is 1.50. The van der Waals surface area contributed by atoms with Gasteiger partial charge in [0.15, 0.2) is 0 Å². The fourth-order valence-corrected chi connectivity index (χ4v) is 2.19. The molecule has 0 fully saturated rings. The van der Waals surface area contributed by atoms with E-state index in [9.17, 15) is 4.79 Å². The summed E-state index contributed by atoms with van der Waals surface area (Å²) in [5.41, 5.74) is 0.699. The lowest BCUT2D eigenvalue weighted by molar-refractivity contribution is -0.142. The minimum Gasteiger partial charge on any atom is -0.496 e. The minimum absolute atomic E-state index is 0.298. The summed E-state index contributed by atoms with van der Waals surface area (Å²) in [6, 6.07) is 3.48. The van der Waals surface area contributed by atoms with E-state index in [0.717, 1.165) is 6.42 Å². The normalized spacial score (nSPS) is 11.7. The molecule has 0 aliphatic rings. The molecule has 0 N–H and O–H groups in total. The molecule has 112 valence electrons. The van der Waals surface area contributed by atoms with Gasteiger partial charge in [0.05, 0.1) is 39.9 Å². The van der Waals surface area contributed by atoms with Gasteiger partial charge in [0.1, 0.15) is 17.2 Å². The third-order valence-corrected chi connectivity index (χ3v) is 3.16. The van der Waals surface area contributed by atoms with Gasteiger partial charge in [0.25, 0.3) is 0 Å². The van der Waals surface area contributed by atoms with E-state index < -0.39 is 5.92 Å². The maximum atomic E-state index is 12.0. The summed E-state index contributed by atoms with van der Waals surface area (Å²) < 4.78 is 20.9. The monoisotopic (exact) mass is 282 g/mol. The first-order valence-corrected chi connectivity index (χ1v) is 6.50. The van der Waals surface area contributed by atoms with E-state index in [2.05, 4.69) is 0 Å².